The van der Waals surface area contributed by atoms with Crippen LogP contribution >= 0.6 is 0 Å². The van der Waals surface area contributed by atoms with E-state index < -0.39 is 0 Å². The summed E-state index contributed by atoms with van der Waals surface area (Å²) in [6.45, 7) is 0. The predicted molar refractivity (Wildman–Crippen MR) is 245 cm³/mol. The van der Waals surface area contributed by atoms with E-state index in [0.29, 0.717) is 0 Å². The van der Waals surface area contributed by atoms with Gasteiger partial charge in [0.1, 0.15) is 11.2 Å². The van der Waals surface area contributed by atoms with Crippen LogP contribution in [0.25, 0.3) is 88.0 Å². The second-order valence-electron chi connectivity index (χ2n) is 14.9. The molecule has 0 aliphatic carbocycles. The van der Waals surface area contributed by atoms with Crippen LogP contribution in [0.15, 0.2) is 229 Å². The molecule has 0 unspecified atom stereocenters. The number of furan rings is 1. The maximum atomic E-state index is 6.91. The van der Waals surface area contributed by atoms with Gasteiger partial charge in [0.25, 0.3) is 0 Å². The van der Waals surface area contributed by atoms with Gasteiger partial charge in [-0.1, -0.05) is 170 Å². The zero-order chi connectivity index (χ0) is 38.4. The fraction of sp³-hybridized carbons (Fsp3) is 0. The largest absolute Gasteiger partial charge is 0.455 e. The van der Waals surface area contributed by atoms with Gasteiger partial charge in [0.2, 0.25) is 0 Å². The topological polar surface area (TPSA) is 16.4 Å². The summed E-state index contributed by atoms with van der Waals surface area (Å²) >= 11 is 0. The van der Waals surface area contributed by atoms with Crippen LogP contribution in [0.5, 0.6) is 0 Å². The van der Waals surface area contributed by atoms with E-state index in [1.54, 1.807) is 0 Å². The fourth-order valence-corrected chi connectivity index (χ4v) is 8.62. The van der Waals surface area contributed by atoms with Crippen LogP contribution in [-0.2, 0) is 0 Å². The van der Waals surface area contributed by atoms with Crippen molar-refractivity contribution in [3.8, 4) is 44.5 Å². The molecular formula is C56H37NO. The number of benzene rings is 10. The second kappa shape index (κ2) is 14.1. The first-order valence-corrected chi connectivity index (χ1v) is 19.8. The van der Waals surface area contributed by atoms with Gasteiger partial charge in [-0.15, -0.1) is 0 Å². The molecule has 0 radical (unpaired) electrons. The molecule has 1 heterocycles. The molecule has 0 spiro atoms. The summed E-state index contributed by atoms with van der Waals surface area (Å²) in [7, 11) is 0. The number of rotatable bonds is 7. The lowest BCUT2D eigenvalue weighted by Crippen LogP contribution is -2.11. The number of fused-ring (bicyclic) bond motifs is 5. The van der Waals surface area contributed by atoms with E-state index in [2.05, 4.69) is 229 Å². The Kier molecular flexibility index (Phi) is 8.19. The average Bonchev–Trinajstić information content (AvgIpc) is 3.70. The minimum absolute atomic E-state index is 0.864. The zero-order valence-electron chi connectivity index (χ0n) is 31.7. The third-order valence-corrected chi connectivity index (χ3v) is 11.4. The molecule has 11 rings (SSSR count). The van der Waals surface area contributed by atoms with Crippen LogP contribution in [0.4, 0.5) is 17.1 Å². The molecule has 11 aromatic rings. The number of nitrogens with zero attached hydrogens (tertiary/aromatic N) is 1. The Morgan fingerprint density at radius 3 is 1.64 bits per heavy atom. The zero-order valence-corrected chi connectivity index (χ0v) is 31.7. The van der Waals surface area contributed by atoms with Gasteiger partial charge < -0.3 is 9.32 Å². The Morgan fingerprint density at radius 2 is 0.862 bits per heavy atom. The second-order valence-corrected chi connectivity index (χ2v) is 14.9. The molecule has 0 saturated carbocycles. The van der Waals surface area contributed by atoms with Crippen molar-refractivity contribution in [3.05, 3.63) is 224 Å². The van der Waals surface area contributed by atoms with Gasteiger partial charge in [0.05, 0.1) is 11.1 Å². The van der Waals surface area contributed by atoms with E-state index in [-0.39, 0.29) is 0 Å². The van der Waals surface area contributed by atoms with E-state index >= 15 is 0 Å². The third-order valence-electron chi connectivity index (χ3n) is 11.4. The van der Waals surface area contributed by atoms with Gasteiger partial charge in [0.15, 0.2) is 0 Å². The quantitative estimate of drug-likeness (QED) is 0.162. The van der Waals surface area contributed by atoms with Crippen LogP contribution in [-0.4, -0.2) is 0 Å². The van der Waals surface area contributed by atoms with Crippen molar-refractivity contribution in [2.24, 2.45) is 0 Å². The molecule has 0 amide bonds. The smallest absolute Gasteiger partial charge is 0.145 e. The molecule has 0 atom stereocenters. The van der Waals surface area contributed by atoms with Crippen LogP contribution in [0.3, 0.4) is 0 Å². The summed E-state index contributed by atoms with van der Waals surface area (Å²) in [5.41, 5.74) is 14.2. The number of para-hydroxylation sites is 1. The highest BCUT2D eigenvalue weighted by atomic mass is 16.3. The molecular weight excluding hydrogens is 703 g/mol. The molecule has 10 aromatic carbocycles. The summed E-state index contributed by atoms with van der Waals surface area (Å²) in [6.07, 6.45) is 0. The van der Waals surface area contributed by atoms with Crippen LogP contribution in [0.2, 0.25) is 0 Å². The third kappa shape index (κ3) is 5.91. The fourth-order valence-electron chi connectivity index (χ4n) is 8.62. The molecule has 58 heavy (non-hydrogen) atoms. The van der Waals surface area contributed by atoms with Gasteiger partial charge in [-0.3, -0.25) is 0 Å². The van der Waals surface area contributed by atoms with Crippen molar-refractivity contribution >= 4 is 60.5 Å². The molecule has 0 aliphatic heterocycles. The maximum absolute atomic E-state index is 6.91. The van der Waals surface area contributed by atoms with Crippen LogP contribution in [0.1, 0.15) is 0 Å². The van der Waals surface area contributed by atoms with Crippen molar-refractivity contribution in [2.75, 3.05) is 4.90 Å². The predicted octanol–water partition coefficient (Wildman–Crippen LogP) is 16.0. The molecule has 0 fully saturated rings. The molecule has 0 N–H and O–H groups in total. The average molecular weight is 740 g/mol. The van der Waals surface area contributed by atoms with Crippen molar-refractivity contribution < 1.29 is 4.42 Å². The van der Waals surface area contributed by atoms with Gasteiger partial charge in [-0.2, -0.15) is 0 Å². The Morgan fingerprint density at radius 1 is 0.310 bits per heavy atom. The first kappa shape index (κ1) is 33.6. The maximum Gasteiger partial charge on any atom is 0.145 e. The van der Waals surface area contributed by atoms with E-state index in [0.717, 1.165) is 61.3 Å². The Labute approximate surface area is 337 Å². The van der Waals surface area contributed by atoms with E-state index in [4.69, 9.17) is 4.42 Å². The SMILES string of the molecule is c1ccc(-c2cccc(-c3cccc(N(c4cccc(-c5ccc6ccccc6c5)c4)c4ccc(-c5cccc6ccccc56)c5oc6ccccc6c45)c3)c2)cc1. The monoisotopic (exact) mass is 739 g/mol. The molecule has 272 valence electrons. The first-order valence-electron chi connectivity index (χ1n) is 19.8. The molecule has 2 heteroatoms. The highest BCUT2D eigenvalue weighted by Gasteiger charge is 2.23. The van der Waals surface area contributed by atoms with Gasteiger partial charge >= 0.3 is 0 Å². The number of hydrogen-bond acceptors (Lipinski definition) is 2. The van der Waals surface area contributed by atoms with Crippen LogP contribution in [0, 0.1) is 0 Å². The standard InChI is InChI=1S/C56H37NO/c1-2-14-38(15-3-1)42-20-10-21-43(34-42)44-22-11-24-47(36-44)57(48-25-12-23-45(37-48)46-31-30-39-16-4-5-18-41(39)35-46)53-33-32-51(50-28-13-19-40-17-6-7-26-49(40)50)56-55(53)52-27-8-9-29-54(52)58-56/h1-37H. The summed E-state index contributed by atoms with van der Waals surface area (Å²) in [4.78, 5) is 2.41. The lowest BCUT2D eigenvalue weighted by molar-refractivity contribution is 0.670. The molecule has 0 aliphatic rings. The molecule has 0 saturated heterocycles. The summed E-state index contributed by atoms with van der Waals surface area (Å²) in [5.74, 6) is 0. The van der Waals surface area contributed by atoms with E-state index in [1.807, 2.05) is 0 Å². The molecule has 0 bridgehead atoms. The first-order chi connectivity index (χ1) is 28.7. The Bertz CT molecular complexity index is 3300. The van der Waals surface area contributed by atoms with Crippen molar-refractivity contribution in [1.29, 1.82) is 0 Å². The normalized spacial score (nSPS) is 11.4. The van der Waals surface area contributed by atoms with Crippen molar-refractivity contribution in [1.82, 2.24) is 0 Å². The van der Waals surface area contributed by atoms with E-state index in [9.17, 15) is 0 Å². The van der Waals surface area contributed by atoms with Crippen LogP contribution < -0.4 is 4.90 Å². The van der Waals surface area contributed by atoms with E-state index in [1.165, 1.54) is 43.8 Å². The summed E-state index contributed by atoms with van der Waals surface area (Å²) in [6, 6.07) is 80.7. The van der Waals surface area contributed by atoms with Gasteiger partial charge in [0, 0.05) is 22.3 Å². The highest BCUT2D eigenvalue weighted by Crippen LogP contribution is 2.48. The minimum Gasteiger partial charge on any atom is -0.455 e. The summed E-state index contributed by atoms with van der Waals surface area (Å²) < 4.78 is 6.91. The summed E-state index contributed by atoms with van der Waals surface area (Å²) in [5, 5.41) is 7.02. The number of anilines is 3. The number of hydrogen-bond donors (Lipinski definition) is 0. The van der Waals surface area contributed by atoms with Gasteiger partial charge in [-0.25, -0.2) is 0 Å². The highest BCUT2D eigenvalue weighted by molar-refractivity contribution is 6.18. The van der Waals surface area contributed by atoms with Gasteiger partial charge in [-0.05, 0) is 115 Å². The minimum atomic E-state index is 0.864. The van der Waals surface area contributed by atoms with Crippen molar-refractivity contribution in [3.63, 3.8) is 0 Å². The molecule has 2 nitrogen and oxygen atoms in total. The molecule has 1 aromatic heterocycles. The van der Waals surface area contributed by atoms with Crippen molar-refractivity contribution in [2.45, 2.75) is 0 Å². The Hall–Kier alpha value is -7.68. The Balaban J connectivity index is 1.14. The lowest BCUT2D eigenvalue weighted by Gasteiger charge is -2.28. The lowest BCUT2D eigenvalue weighted by atomic mass is 9.95.